The van der Waals surface area contributed by atoms with Crippen LogP contribution in [-0.2, 0) is 10.5 Å². The first-order valence-corrected chi connectivity index (χ1v) is 4.56. The Hall–Kier alpha value is -0.470. The average Bonchev–Trinajstić information content (AvgIpc) is 2.03. The van der Waals surface area contributed by atoms with Crippen molar-refractivity contribution >= 4 is 29.0 Å². The minimum atomic E-state index is 0.656. The molecule has 0 aromatic heterocycles. The summed E-state index contributed by atoms with van der Waals surface area (Å²) < 4.78 is 0. The van der Waals surface area contributed by atoms with E-state index >= 15 is 0 Å². The quantitative estimate of drug-likeness (QED) is 0.676. The Morgan fingerprint density at radius 3 is 2.82 bits per heavy atom. The molecule has 0 N–H and O–H groups in total. The van der Waals surface area contributed by atoms with E-state index in [2.05, 4.69) is 0 Å². The van der Waals surface area contributed by atoms with E-state index in [1.54, 1.807) is 0 Å². The standard InChI is InChI=1S/C8H7ClOS/c9-8-4-2-1-3-7(8)5-11-6-10/h1-4,6H,5H2. The molecular formula is C8H7ClOS. The van der Waals surface area contributed by atoms with Crippen LogP contribution in [0.1, 0.15) is 5.56 Å². The SMILES string of the molecule is O=CSCc1ccccc1Cl. The Bertz CT molecular complexity index is 250. The van der Waals surface area contributed by atoms with Crippen molar-refractivity contribution in [1.29, 1.82) is 0 Å². The van der Waals surface area contributed by atoms with Crippen LogP contribution in [0, 0.1) is 0 Å². The highest BCUT2D eigenvalue weighted by atomic mass is 35.5. The number of carbonyl (C=O) groups is 1. The Kier molecular flexibility index (Phi) is 3.46. The summed E-state index contributed by atoms with van der Waals surface area (Å²) in [5.74, 6) is 0.656. The van der Waals surface area contributed by atoms with Gasteiger partial charge >= 0.3 is 0 Å². The van der Waals surface area contributed by atoms with Gasteiger partial charge in [-0.05, 0) is 11.6 Å². The molecule has 0 spiro atoms. The lowest BCUT2D eigenvalue weighted by molar-refractivity contribution is 0.570. The molecule has 0 aliphatic heterocycles. The fourth-order valence-corrected chi connectivity index (χ4v) is 1.52. The van der Waals surface area contributed by atoms with Crippen molar-refractivity contribution in [2.45, 2.75) is 5.75 Å². The highest BCUT2D eigenvalue weighted by molar-refractivity contribution is 8.11. The maximum Gasteiger partial charge on any atom is 0.176 e. The summed E-state index contributed by atoms with van der Waals surface area (Å²) in [7, 11) is 0. The van der Waals surface area contributed by atoms with Gasteiger partial charge in [-0.15, -0.1) is 0 Å². The van der Waals surface area contributed by atoms with Crippen molar-refractivity contribution in [3.8, 4) is 0 Å². The van der Waals surface area contributed by atoms with Crippen LogP contribution in [0.4, 0.5) is 0 Å². The van der Waals surface area contributed by atoms with Gasteiger partial charge < -0.3 is 0 Å². The molecule has 3 heteroatoms. The predicted octanol–water partition coefficient (Wildman–Crippen LogP) is 2.76. The molecule has 1 nitrogen and oxygen atoms in total. The van der Waals surface area contributed by atoms with Crippen molar-refractivity contribution in [2.75, 3.05) is 0 Å². The summed E-state index contributed by atoms with van der Waals surface area (Å²) in [6.07, 6.45) is 0. The summed E-state index contributed by atoms with van der Waals surface area (Å²) in [6.45, 7) is 0. The van der Waals surface area contributed by atoms with E-state index in [4.69, 9.17) is 11.6 Å². The van der Waals surface area contributed by atoms with E-state index in [0.717, 1.165) is 16.2 Å². The Labute approximate surface area is 74.7 Å². The van der Waals surface area contributed by atoms with E-state index in [-0.39, 0.29) is 0 Å². The van der Waals surface area contributed by atoms with Crippen LogP contribution in [0.5, 0.6) is 0 Å². The zero-order chi connectivity index (χ0) is 8.10. The van der Waals surface area contributed by atoms with Gasteiger partial charge in [0.1, 0.15) is 0 Å². The molecule has 1 aromatic carbocycles. The van der Waals surface area contributed by atoms with Crippen LogP contribution in [0.15, 0.2) is 24.3 Å². The first-order chi connectivity index (χ1) is 5.34. The van der Waals surface area contributed by atoms with Crippen LogP contribution in [-0.4, -0.2) is 5.62 Å². The van der Waals surface area contributed by atoms with Gasteiger partial charge in [-0.3, -0.25) is 4.79 Å². The smallest absolute Gasteiger partial charge is 0.176 e. The number of rotatable bonds is 3. The largest absolute Gasteiger partial charge is 0.291 e. The third-order valence-electron chi connectivity index (χ3n) is 1.26. The summed E-state index contributed by atoms with van der Waals surface area (Å²) in [6, 6.07) is 7.52. The van der Waals surface area contributed by atoms with E-state index in [1.165, 1.54) is 11.8 Å². The molecule has 1 rings (SSSR count). The number of hydrogen-bond acceptors (Lipinski definition) is 2. The molecule has 0 saturated heterocycles. The molecule has 58 valence electrons. The van der Waals surface area contributed by atoms with Crippen LogP contribution in [0.25, 0.3) is 0 Å². The van der Waals surface area contributed by atoms with Crippen molar-refractivity contribution in [3.05, 3.63) is 34.9 Å². The molecule has 0 atom stereocenters. The third-order valence-corrected chi connectivity index (χ3v) is 2.25. The molecule has 1 aromatic rings. The maximum atomic E-state index is 10.0. The normalized spacial score (nSPS) is 9.55. The predicted molar refractivity (Wildman–Crippen MR) is 49.5 cm³/mol. The summed E-state index contributed by atoms with van der Waals surface area (Å²) in [5.41, 5.74) is 1.83. The average molecular weight is 187 g/mol. The van der Waals surface area contributed by atoms with E-state index in [9.17, 15) is 4.79 Å². The molecule has 0 fully saturated rings. The second-order valence-corrected chi connectivity index (χ2v) is 3.22. The van der Waals surface area contributed by atoms with Gasteiger partial charge in [0.25, 0.3) is 0 Å². The summed E-state index contributed by atoms with van der Waals surface area (Å²) >= 11 is 7.04. The van der Waals surface area contributed by atoms with E-state index < -0.39 is 0 Å². The van der Waals surface area contributed by atoms with Gasteiger partial charge in [-0.1, -0.05) is 41.6 Å². The highest BCUT2D eigenvalue weighted by Crippen LogP contribution is 2.19. The monoisotopic (exact) mass is 186 g/mol. The first-order valence-electron chi connectivity index (χ1n) is 3.13. The molecular weight excluding hydrogens is 180 g/mol. The molecule has 11 heavy (non-hydrogen) atoms. The second-order valence-electron chi connectivity index (χ2n) is 2.00. The topological polar surface area (TPSA) is 17.1 Å². The highest BCUT2D eigenvalue weighted by Gasteiger charge is 1.96. The molecule has 0 unspecified atom stereocenters. The molecule has 0 aliphatic rings. The number of halogens is 1. The summed E-state index contributed by atoms with van der Waals surface area (Å²) in [5, 5.41) is 0.724. The Balaban J connectivity index is 2.69. The zero-order valence-electron chi connectivity index (χ0n) is 5.79. The fraction of sp³-hybridized carbons (Fsp3) is 0.125. The number of thioether (sulfide) groups is 1. The molecule has 0 amide bonds. The molecule has 0 bridgehead atoms. The van der Waals surface area contributed by atoms with Crippen molar-refractivity contribution in [1.82, 2.24) is 0 Å². The van der Waals surface area contributed by atoms with Gasteiger partial charge in [0.2, 0.25) is 0 Å². The van der Waals surface area contributed by atoms with Crippen LogP contribution in [0.2, 0.25) is 5.02 Å². The molecule has 0 saturated carbocycles. The lowest BCUT2D eigenvalue weighted by atomic mass is 10.2. The van der Waals surface area contributed by atoms with Gasteiger partial charge in [0.05, 0.1) is 0 Å². The summed E-state index contributed by atoms with van der Waals surface area (Å²) in [4.78, 5) is 10.0. The second kappa shape index (κ2) is 4.42. The first kappa shape index (κ1) is 8.62. The van der Waals surface area contributed by atoms with Gasteiger partial charge in [-0.2, -0.15) is 0 Å². The van der Waals surface area contributed by atoms with Gasteiger partial charge in [0, 0.05) is 10.8 Å². The lowest BCUT2D eigenvalue weighted by Crippen LogP contribution is -1.80. The third kappa shape index (κ3) is 2.56. The number of hydrogen-bond donors (Lipinski definition) is 0. The molecule has 0 aliphatic carbocycles. The minimum absolute atomic E-state index is 0.656. The van der Waals surface area contributed by atoms with Crippen molar-refractivity contribution in [2.24, 2.45) is 0 Å². The van der Waals surface area contributed by atoms with E-state index in [0.29, 0.717) is 5.75 Å². The number of carbonyl (C=O) groups excluding carboxylic acids is 1. The lowest BCUT2D eigenvalue weighted by Gasteiger charge is -1.98. The van der Waals surface area contributed by atoms with Gasteiger partial charge in [-0.25, -0.2) is 0 Å². The zero-order valence-corrected chi connectivity index (χ0v) is 7.36. The maximum absolute atomic E-state index is 10.0. The van der Waals surface area contributed by atoms with Crippen molar-refractivity contribution in [3.63, 3.8) is 0 Å². The molecule has 0 heterocycles. The van der Waals surface area contributed by atoms with Crippen LogP contribution in [0.3, 0.4) is 0 Å². The van der Waals surface area contributed by atoms with E-state index in [1.807, 2.05) is 24.3 Å². The molecule has 0 radical (unpaired) electrons. The van der Waals surface area contributed by atoms with Crippen LogP contribution < -0.4 is 0 Å². The van der Waals surface area contributed by atoms with Crippen molar-refractivity contribution < 1.29 is 4.79 Å². The fourth-order valence-electron chi connectivity index (χ4n) is 0.739. The Morgan fingerprint density at radius 1 is 1.45 bits per heavy atom. The number of benzene rings is 1. The van der Waals surface area contributed by atoms with Crippen LogP contribution >= 0.6 is 23.4 Å². The minimum Gasteiger partial charge on any atom is -0.291 e. The Morgan fingerprint density at radius 2 is 2.18 bits per heavy atom. The van der Waals surface area contributed by atoms with Gasteiger partial charge in [0.15, 0.2) is 5.62 Å².